The maximum absolute atomic E-state index is 11.4. The van der Waals surface area contributed by atoms with Crippen LogP contribution in [0.3, 0.4) is 0 Å². The van der Waals surface area contributed by atoms with Crippen LogP contribution in [0.15, 0.2) is 53.2 Å². The van der Waals surface area contributed by atoms with Crippen LogP contribution < -0.4 is 0 Å². The van der Waals surface area contributed by atoms with Crippen molar-refractivity contribution in [2.45, 2.75) is 78.7 Å². The second-order valence-electron chi connectivity index (χ2n) is 9.03. The molecule has 182 valence electrons. The van der Waals surface area contributed by atoms with Crippen LogP contribution in [0.5, 0.6) is 11.5 Å². The minimum atomic E-state index is -0.839. The highest BCUT2D eigenvalue weighted by Crippen LogP contribution is 2.30. The van der Waals surface area contributed by atoms with Gasteiger partial charge in [-0.3, -0.25) is 0 Å². The second-order valence-corrected chi connectivity index (χ2v) is 9.03. The minimum Gasteiger partial charge on any atom is -0.508 e. The molecule has 5 nitrogen and oxygen atoms in total. The molecule has 0 aliphatic rings. The van der Waals surface area contributed by atoms with Gasteiger partial charge in [0.05, 0.1) is 5.60 Å². The molecule has 1 aromatic carbocycles. The molecular formula is C28H40O5. The number of ether oxygens (including phenoxy) is 1. The fourth-order valence-electron chi connectivity index (χ4n) is 3.43. The molecule has 1 aromatic rings. The highest BCUT2D eigenvalue weighted by Gasteiger charge is 2.19. The molecule has 0 aliphatic carbocycles. The second kappa shape index (κ2) is 13.7. The van der Waals surface area contributed by atoms with E-state index in [1.807, 2.05) is 32.9 Å². The number of rotatable bonds is 13. The van der Waals surface area contributed by atoms with Crippen LogP contribution in [-0.2, 0) is 9.53 Å². The van der Waals surface area contributed by atoms with Crippen LogP contribution in [0.25, 0.3) is 6.08 Å². The first-order valence-electron chi connectivity index (χ1n) is 11.5. The normalized spacial score (nSPS) is 14.4. The van der Waals surface area contributed by atoms with E-state index in [-0.39, 0.29) is 11.5 Å². The van der Waals surface area contributed by atoms with E-state index in [0.29, 0.717) is 29.5 Å². The summed E-state index contributed by atoms with van der Waals surface area (Å²) in [6.07, 6.45) is 14.1. The number of aryl methyl sites for hydroxylation is 1. The zero-order valence-electron chi connectivity index (χ0n) is 20.9. The lowest BCUT2D eigenvalue weighted by Crippen LogP contribution is -2.23. The van der Waals surface area contributed by atoms with E-state index in [1.54, 1.807) is 20.1 Å². The number of phenols is 2. The first kappa shape index (κ1) is 28.2. The summed E-state index contributed by atoms with van der Waals surface area (Å²) in [4.78, 5) is 11.4. The van der Waals surface area contributed by atoms with Crippen molar-refractivity contribution in [1.29, 1.82) is 0 Å². The quantitative estimate of drug-likeness (QED) is 0.168. The fraction of sp³-hybridized carbons (Fsp3) is 0.464. The Hall–Kier alpha value is -2.79. The van der Waals surface area contributed by atoms with E-state index in [0.717, 1.165) is 25.7 Å². The van der Waals surface area contributed by atoms with Crippen LogP contribution in [0.4, 0.5) is 0 Å². The van der Waals surface area contributed by atoms with Gasteiger partial charge in [-0.05, 0) is 90.8 Å². The number of carboxylic acids is 1. The standard InChI is InChI=1S/C28H40O5/c1-20(2)10-7-13-23(27(31)32)14-8-11-21(3)12-9-16-28(5,33-6)17-15-24-19-25(29)18-22(4)26(24)30/h10,12,14-15,17-19,29-30H,7-9,11,13,16H2,1-6H3,(H,31,32)/b17-15+,21-12+,23-14-. The summed E-state index contributed by atoms with van der Waals surface area (Å²) in [5, 5.41) is 29.4. The van der Waals surface area contributed by atoms with Crippen molar-refractivity contribution in [3.8, 4) is 11.5 Å². The molecule has 0 bridgehead atoms. The molecule has 0 saturated carbocycles. The Morgan fingerprint density at radius 2 is 1.70 bits per heavy atom. The summed E-state index contributed by atoms with van der Waals surface area (Å²) in [5.74, 6) is -0.582. The summed E-state index contributed by atoms with van der Waals surface area (Å²) in [5.41, 5.74) is 3.53. The first-order valence-corrected chi connectivity index (χ1v) is 11.5. The van der Waals surface area contributed by atoms with E-state index in [9.17, 15) is 20.1 Å². The maximum atomic E-state index is 11.4. The predicted octanol–water partition coefficient (Wildman–Crippen LogP) is 7.09. The van der Waals surface area contributed by atoms with Crippen molar-refractivity contribution in [3.05, 3.63) is 64.3 Å². The molecule has 3 N–H and O–H groups in total. The van der Waals surface area contributed by atoms with E-state index < -0.39 is 11.6 Å². The Bertz CT molecular complexity index is 916. The molecule has 0 aliphatic heterocycles. The Morgan fingerprint density at radius 3 is 2.30 bits per heavy atom. The number of carboxylic acid groups (broad SMARTS) is 1. The zero-order chi connectivity index (χ0) is 25.0. The van der Waals surface area contributed by atoms with E-state index in [4.69, 9.17) is 4.74 Å². The Morgan fingerprint density at radius 1 is 1.03 bits per heavy atom. The molecule has 0 amide bonds. The summed E-state index contributed by atoms with van der Waals surface area (Å²) in [6, 6.07) is 3.05. The molecule has 0 saturated heterocycles. The molecule has 1 rings (SSSR count). The van der Waals surface area contributed by atoms with E-state index >= 15 is 0 Å². The van der Waals surface area contributed by atoms with Gasteiger partial charge in [-0.25, -0.2) is 4.79 Å². The van der Waals surface area contributed by atoms with Crippen molar-refractivity contribution in [1.82, 2.24) is 0 Å². The predicted molar refractivity (Wildman–Crippen MR) is 136 cm³/mol. The molecule has 1 unspecified atom stereocenters. The monoisotopic (exact) mass is 456 g/mol. The molecule has 0 aromatic heterocycles. The third kappa shape index (κ3) is 10.6. The number of benzene rings is 1. The molecule has 0 spiro atoms. The van der Waals surface area contributed by atoms with Crippen LogP contribution in [0.2, 0.25) is 0 Å². The SMILES string of the molecule is COC(C)(/C=C/c1cc(O)cc(C)c1O)CC/C=C(\C)CC/C=C(/CCC=C(C)C)C(=O)O. The number of allylic oxidation sites excluding steroid dienone is 5. The third-order valence-electron chi connectivity index (χ3n) is 5.70. The number of methoxy groups -OCH3 is 1. The maximum Gasteiger partial charge on any atom is 0.331 e. The number of aliphatic carboxylic acids is 1. The lowest BCUT2D eigenvalue weighted by atomic mass is 9.96. The van der Waals surface area contributed by atoms with Crippen molar-refractivity contribution < 1.29 is 24.9 Å². The van der Waals surface area contributed by atoms with Crippen LogP contribution in [0, 0.1) is 6.92 Å². The average Bonchev–Trinajstić information content (AvgIpc) is 2.73. The van der Waals surface area contributed by atoms with Gasteiger partial charge in [-0.1, -0.05) is 41.5 Å². The van der Waals surface area contributed by atoms with E-state index in [2.05, 4.69) is 19.1 Å². The number of hydrogen-bond acceptors (Lipinski definition) is 4. The molecule has 0 fully saturated rings. The molecule has 33 heavy (non-hydrogen) atoms. The van der Waals surface area contributed by atoms with Gasteiger partial charge >= 0.3 is 5.97 Å². The van der Waals surface area contributed by atoms with Crippen molar-refractivity contribution in [2.75, 3.05) is 7.11 Å². The van der Waals surface area contributed by atoms with Gasteiger partial charge in [-0.2, -0.15) is 0 Å². The van der Waals surface area contributed by atoms with Gasteiger partial charge in [0, 0.05) is 18.2 Å². The Kier molecular flexibility index (Phi) is 11.7. The van der Waals surface area contributed by atoms with Crippen LogP contribution in [-0.4, -0.2) is 34.0 Å². The van der Waals surface area contributed by atoms with Crippen LogP contribution in [0.1, 0.15) is 77.3 Å². The van der Waals surface area contributed by atoms with E-state index in [1.165, 1.54) is 23.3 Å². The van der Waals surface area contributed by atoms with Crippen molar-refractivity contribution >= 4 is 12.0 Å². The largest absolute Gasteiger partial charge is 0.508 e. The number of hydrogen-bond donors (Lipinski definition) is 3. The Balaban J connectivity index is 2.67. The zero-order valence-corrected chi connectivity index (χ0v) is 20.9. The molecule has 5 heteroatoms. The fourth-order valence-corrected chi connectivity index (χ4v) is 3.43. The average molecular weight is 457 g/mol. The summed E-state index contributed by atoms with van der Waals surface area (Å²) >= 11 is 0. The van der Waals surface area contributed by atoms with Crippen molar-refractivity contribution in [2.24, 2.45) is 0 Å². The van der Waals surface area contributed by atoms with Gasteiger partial charge in [-0.15, -0.1) is 0 Å². The summed E-state index contributed by atoms with van der Waals surface area (Å²) in [6.45, 7) is 9.81. The Labute approximate surface area is 198 Å². The third-order valence-corrected chi connectivity index (χ3v) is 5.70. The topological polar surface area (TPSA) is 87.0 Å². The molecule has 0 radical (unpaired) electrons. The lowest BCUT2D eigenvalue weighted by Gasteiger charge is -2.24. The highest BCUT2D eigenvalue weighted by atomic mass is 16.5. The van der Waals surface area contributed by atoms with Gasteiger partial charge in [0.1, 0.15) is 11.5 Å². The summed E-state index contributed by atoms with van der Waals surface area (Å²) < 4.78 is 5.70. The lowest BCUT2D eigenvalue weighted by molar-refractivity contribution is -0.132. The first-order chi connectivity index (χ1) is 15.5. The van der Waals surface area contributed by atoms with Gasteiger partial charge in [0.15, 0.2) is 0 Å². The van der Waals surface area contributed by atoms with Gasteiger partial charge in [0.25, 0.3) is 0 Å². The minimum absolute atomic E-state index is 0.111. The smallest absolute Gasteiger partial charge is 0.331 e. The van der Waals surface area contributed by atoms with Gasteiger partial charge < -0.3 is 20.1 Å². The highest BCUT2D eigenvalue weighted by molar-refractivity contribution is 5.86. The number of phenolic OH excluding ortho intramolecular Hbond substituents is 2. The van der Waals surface area contributed by atoms with Crippen LogP contribution >= 0.6 is 0 Å². The number of aromatic hydroxyl groups is 2. The molecular weight excluding hydrogens is 416 g/mol. The molecule has 0 heterocycles. The molecule has 1 atom stereocenters. The van der Waals surface area contributed by atoms with Crippen molar-refractivity contribution in [3.63, 3.8) is 0 Å². The summed E-state index contributed by atoms with van der Waals surface area (Å²) in [7, 11) is 1.65. The van der Waals surface area contributed by atoms with Gasteiger partial charge in [0.2, 0.25) is 0 Å². The number of carbonyl (C=O) groups is 1.